The molecule has 0 radical (unpaired) electrons. The van der Waals surface area contributed by atoms with E-state index in [-0.39, 0.29) is 52.1 Å². The summed E-state index contributed by atoms with van der Waals surface area (Å²) in [7, 11) is 2.49. The van der Waals surface area contributed by atoms with E-state index < -0.39 is 17.8 Å². The van der Waals surface area contributed by atoms with E-state index in [0.29, 0.717) is 21.7 Å². The maximum Gasteiger partial charge on any atom is 0.337 e. The number of methoxy groups -OCH3 is 2. The number of ether oxygens (including phenoxy) is 3. The number of phenolic OH excluding ortho intramolecular Hbond substituents is 1. The summed E-state index contributed by atoms with van der Waals surface area (Å²) in [6, 6.07) is 18.2. The molecular formula is C32H25Cl3N6O8. The van der Waals surface area contributed by atoms with Crippen molar-refractivity contribution in [3.8, 4) is 23.6 Å². The lowest BCUT2D eigenvalue weighted by atomic mass is 10.1. The number of hydrogen-bond donors (Lipinski definition) is 3. The van der Waals surface area contributed by atoms with Crippen LogP contribution in [-0.4, -0.2) is 65.5 Å². The number of halogens is 3. The van der Waals surface area contributed by atoms with Gasteiger partial charge in [-0.2, -0.15) is 10.5 Å². The number of aromatic nitrogens is 2. The maximum atomic E-state index is 11.9. The second-order valence-electron chi connectivity index (χ2n) is 8.89. The first-order valence-electron chi connectivity index (χ1n) is 13.4. The summed E-state index contributed by atoms with van der Waals surface area (Å²) in [6.45, 7) is -0.358. The molecule has 0 spiro atoms. The molecule has 0 aliphatic heterocycles. The second-order valence-corrected chi connectivity index (χ2v) is 10.0. The zero-order valence-electron chi connectivity index (χ0n) is 25.6. The number of nitriles is 2. The van der Waals surface area contributed by atoms with Crippen molar-refractivity contribution < 1.29 is 38.5 Å². The van der Waals surface area contributed by atoms with Gasteiger partial charge in [0.1, 0.15) is 41.2 Å². The minimum atomic E-state index is -0.570. The highest BCUT2D eigenvalue weighted by Gasteiger charge is 2.13. The summed E-state index contributed by atoms with van der Waals surface area (Å²) in [6.07, 6.45) is 2.84. The summed E-state index contributed by atoms with van der Waals surface area (Å²) in [5, 5.41) is 32.7. The van der Waals surface area contributed by atoms with Gasteiger partial charge >= 0.3 is 11.9 Å². The van der Waals surface area contributed by atoms with E-state index >= 15 is 0 Å². The Labute approximate surface area is 294 Å². The molecule has 0 unspecified atom stereocenters. The number of esters is 2. The fourth-order valence-corrected chi connectivity index (χ4v) is 3.54. The summed E-state index contributed by atoms with van der Waals surface area (Å²) < 4.78 is 14.4. The largest absolute Gasteiger partial charge is 0.507 e. The van der Waals surface area contributed by atoms with Crippen LogP contribution in [0.25, 0.3) is 0 Å². The molecule has 0 aliphatic rings. The van der Waals surface area contributed by atoms with Gasteiger partial charge in [0.15, 0.2) is 6.61 Å². The van der Waals surface area contributed by atoms with E-state index in [4.69, 9.17) is 50.1 Å². The Balaban J connectivity index is 0.000000281. The number of aromatic hydroxyl groups is 1. The topological polar surface area (TPSA) is 214 Å². The highest BCUT2D eigenvalue weighted by Crippen LogP contribution is 2.21. The van der Waals surface area contributed by atoms with Crippen LogP contribution in [-0.2, 0) is 19.1 Å². The smallest absolute Gasteiger partial charge is 0.337 e. The molecule has 0 fully saturated rings. The summed E-state index contributed by atoms with van der Waals surface area (Å²) in [5.41, 5.74) is 0.762. The van der Waals surface area contributed by atoms with Crippen molar-refractivity contribution in [1.29, 1.82) is 10.5 Å². The van der Waals surface area contributed by atoms with Gasteiger partial charge in [-0.05, 0) is 60.7 Å². The number of nitrogens with one attached hydrogen (secondary N) is 2. The molecular weight excluding hydrogens is 703 g/mol. The lowest BCUT2D eigenvalue weighted by Crippen LogP contribution is -2.21. The van der Waals surface area contributed by atoms with Crippen LogP contribution >= 0.6 is 34.8 Å². The Morgan fingerprint density at radius 1 is 0.755 bits per heavy atom. The first-order valence-corrected chi connectivity index (χ1v) is 14.7. The number of amides is 2. The average Bonchev–Trinajstić information content (AvgIpc) is 3.12. The van der Waals surface area contributed by atoms with E-state index in [1.165, 1.54) is 63.0 Å². The van der Waals surface area contributed by atoms with Gasteiger partial charge in [0.25, 0.3) is 5.91 Å². The fourth-order valence-electron chi connectivity index (χ4n) is 3.25. The number of pyridine rings is 2. The SMILES string of the molecule is COC(=O)c1ccc(C#N)c(O)c1.COC(=O)c1ccc(C#N)c(OCC(=O)Nc2ccc(Cl)cn2)c1.O=C(CCl)Nc1ccc(Cl)cn1. The number of carbonyl (C=O) groups excluding carboxylic acids is 4. The van der Waals surface area contributed by atoms with E-state index in [0.717, 1.165) is 0 Å². The van der Waals surface area contributed by atoms with Gasteiger partial charge in [-0.1, -0.05) is 23.2 Å². The second kappa shape index (κ2) is 20.3. The molecule has 2 aromatic carbocycles. The lowest BCUT2D eigenvalue weighted by molar-refractivity contribution is -0.118. The quantitative estimate of drug-likeness (QED) is 0.154. The molecule has 0 saturated carbocycles. The number of alkyl halides is 1. The van der Waals surface area contributed by atoms with Crippen LogP contribution in [0.4, 0.5) is 11.6 Å². The van der Waals surface area contributed by atoms with Crippen molar-refractivity contribution in [2.75, 3.05) is 37.3 Å². The van der Waals surface area contributed by atoms with Crippen molar-refractivity contribution in [2.45, 2.75) is 0 Å². The minimum Gasteiger partial charge on any atom is -0.507 e. The number of benzene rings is 2. The molecule has 14 nitrogen and oxygen atoms in total. The van der Waals surface area contributed by atoms with Crippen LogP contribution in [0.2, 0.25) is 10.0 Å². The van der Waals surface area contributed by atoms with E-state index in [1.807, 2.05) is 6.07 Å². The van der Waals surface area contributed by atoms with Crippen molar-refractivity contribution in [3.63, 3.8) is 0 Å². The molecule has 2 aromatic heterocycles. The number of phenols is 1. The maximum absolute atomic E-state index is 11.9. The van der Waals surface area contributed by atoms with Gasteiger partial charge in [-0.25, -0.2) is 19.6 Å². The standard InChI is InChI=1S/C16H12ClN3O4.C9H7NO3.C7H6Cl2N2O/c1-23-16(22)10-2-3-11(7-18)13(6-10)24-9-15(21)20-14-5-4-12(17)8-19-14;1-13-9(12)6-2-3-7(5-10)8(11)4-6;8-3-7(12)11-6-2-1-5(9)4-10-6/h2-6,8H,9H2,1H3,(H,19,20,21);2-4,11H,1H3;1-2,4H,3H2,(H,10,11,12). The highest BCUT2D eigenvalue weighted by molar-refractivity contribution is 6.31. The van der Waals surface area contributed by atoms with Gasteiger partial charge in [-0.3, -0.25) is 9.59 Å². The van der Waals surface area contributed by atoms with Crippen LogP contribution in [0.1, 0.15) is 31.8 Å². The molecule has 252 valence electrons. The monoisotopic (exact) mass is 726 g/mol. The van der Waals surface area contributed by atoms with Crippen LogP contribution in [0.3, 0.4) is 0 Å². The van der Waals surface area contributed by atoms with Crippen molar-refractivity contribution in [2.24, 2.45) is 0 Å². The van der Waals surface area contributed by atoms with Gasteiger partial charge in [0, 0.05) is 12.4 Å². The zero-order valence-corrected chi connectivity index (χ0v) is 27.8. The average molecular weight is 728 g/mol. The molecule has 4 rings (SSSR count). The molecule has 49 heavy (non-hydrogen) atoms. The van der Waals surface area contributed by atoms with E-state index in [1.54, 1.807) is 30.3 Å². The van der Waals surface area contributed by atoms with E-state index in [9.17, 15) is 24.3 Å². The van der Waals surface area contributed by atoms with Gasteiger partial charge in [0.05, 0.1) is 46.5 Å². The third-order valence-electron chi connectivity index (χ3n) is 5.53. The van der Waals surface area contributed by atoms with Gasteiger partial charge in [-0.15, -0.1) is 11.6 Å². The van der Waals surface area contributed by atoms with Crippen LogP contribution in [0, 0.1) is 22.7 Å². The predicted octanol–water partition coefficient (Wildman–Crippen LogP) is 5.37. The summed E-state index contributed by atoms with van der Waals surface area (Å²) >= 11 is 16.6. The lowest BCUT2D eigenvalue weighted by Gasteiger charge is -2.09. The Kier molecular flexibility index (Phi) is 16.3. The molecule has 17 heteroatoms. The molecule has 0 atom stereocenters. The van der Waals surface area contributed by atoms with Crippen molar-refractivity contribution in [3.05, 3.63) is 105 Å². The summed E-state index contributed by atoms with van der Waals surface area (Å²) in [4.78, 5) is 52.8. The summed E-state index contributed by atoms with van der Waals surface area (Å²) in [5.74, 6) is -1.29. The third kappa shape index (κ3) is 13.4. The minimum absolute atomic E-state index is 0.0791. The third-order valence-corrected chi connectivity index (χ3v) is 6.22. The van der Waals surface area contributed by atoms with E-state index in [2.05, 4.69) is 30.1 Å². The Morgan fingerprint density at radius 3 is 1.67 bits per heavy atom. The Hall–Kier alpha value is -5.93. The van der Waals surface area contributed by atoms with Crippen LogP contribution in [0.15, 0.2) is 73.1 Å². The Bertz CT molecular complexity index is 1860. The van der Waals surface area contributed by atoms with Crippen LogP contribution < -0.4 is 15.4 Å². The highest BCUT2D eigenvalue weighted by atomic mass is 35.5. The molecule has 3 N–H and O–H groups in total. The van der Waals surface area contributed by atoms with Crippen LogP contribution in [0.5, 0.6) is 11.5 Å². The zero-order chi connectivity index (χ0) is 36.3. The first-order chi connectivity index (χ1) is 23.4. The number of nitrogens with zero attached hydrogens (tertiary/aromatic N) is 4. The normalized spacial score (nSPS) is 9.45. The van der Waals surface area contributed by atoms with Gasteiger partial charge in [0.2, 0.25) is 5.91 Å². The van der Waals surface area contributed by atoms with Crippen molar-refractivity contribution >= 4 is 70.2 Å². The number of carbonyl (C=O) groups is 4. The molecule has 4 aromatic rings. The molecule has 2 heterocycles. The molecule has 0 saturated heterocycles. The molecule has 0 aliphatic carbocycles. The van der Waals surface area contributed by atoms with Gasteiger partial charge < -0.3 is 30.0 Å². The predicted molar refractivity (Wildman–Crippen MR) is 179 cm³/mol. The van der Waals surface area contributed by atoms with Crippen molar-refractivity contribution in [1.82, 2.24) is 9.97 Å². The number of hydrogen-bond acceptors (Lipinski definition) is 12. The Morgan fingerprint density at radius 2 is 1.24 bits per heavy atom. The molecule has 0 bridgehead atoms. The first kappa shape index (κ1) is 39.2. The number of rotatable bonds is 8. The number of anilines is 2. The fraction of sp³-hybridized carbons (Fsp3) is 0.125. The molecule has 2 amide bonds.